The third kappa shape index (κ3) is 4.78. The molecule has 5 nitrogen and oxygen atoms in total. The Morgan fingerprint density at radius 1 is 0.774 bits per heavy atom. The fourth-order valence-electron chi connectivity index (χ4n) is 4.24. The quantitative estimate of drug-likeness (QED) is 0.555. The topological polar surface area (TPSA) is 34.2 Å². The monoisotopic (exact) mass is 416 g/mol. The van der Waals surface area contributed by atoms with Crippen LogP contribution in [-0.4, -0.2) is 44.4 Å². The molecule has 1 saturated heterocycles. The van der Waals surface area contributed by atoms with Crippen LogP contribution in [0.25, 0.3) is 0 Å². The predicted molar refractivity (Wildman–Crippen MR) is 122 cm³/mol. The summed E-state index contributed by atoms with van der Waals surface area (Å²) >= 11 is 0. The summed E-state index contributed by atoms with van der Waals surface area (Å²) in [6.07, 6.45) is 0.879. The molecule has 1 atom stereocenters. The van der Waals surface area contributed by atoms with E-state index in [2.05, 4.69) is 52.3 Å². The van der Waals surface area contributed by atoms with Crippen LogP contribution in [-0.2, 0) is 0 Å². The van der Waals surface area contributed by atoms with Crippen LogP contribution in [0.1, 0.15) is 18.1 Å². The molecule has 5 heteroatoms. The second-order valence-corrected chi connectivity index (χ2v) is 7.99. The zero-order chi connectivity index (χ0) is 20.9. The van der Waals surface area contributed by atoms with E-state index in [0.717, 1.165) is 62.0 Å². The molecule has 2 aliphatic heterocycles. The highest BCUT2D eigenvalue weighted by Crippen LogP contribution is 2.36. The summed E-state index contributed by atoms with van der Waals surface area (Å²) in [5, 5.41) is 0. The van der Waals surface area contributed by atoms with Gasteiger partial charge in [0.05, 0.1) is 0 Å². The highest BCUT2D eigenvalue weighted by Gasteiger charge is 2.22. The number of piperazine rings is 1. The van der Waals surface area contributed by atoms with Crippen molar-refractivity contribution >= 4 is 5.69 Å². The van der Waals surface area contributed by atoms with Gasteiger partial charge in [0.15, 0.2) is 11.5 Å². The van der Waals surface area contributed by atoms with E-state index in [1.165, 1.54) is 5.69 Å². The summed E-state index contributed by atoms with van der Waals surface area (Å²) in [5.41, 5.74) is 2.43. The minimum Gasteiger partial charge on any atom is -0.486 e. The lowest BCUT2D eigenvalue weighted by molar-refractivity contribution is 0.159. The van der Waals surface area contributed by atoms with Crippen LogP contribution in [0.5, 0.6) is 17.2 Å². The molecule has 0 aliphatic carbocycles. The Labute approximate surface area is 183 Å². The van der Waals surface area contributed by atoms with Crippen LogP contribution in [0.15, 0.2) is 78.9 Å². The summed E-state index contributed by atoms with van der Waals surface area (Å²) in [6.45, 7) is 5.52. The third-order valence-corrected chi connectivity index (χ3v) is 5.99. The van der Waals surface area contributed by atoms with Crippen molar-refractivity contribution in [3.05, 3.63) is 84.4 Å². The zero-order valence-electron chi connectivity index (χ0n) is 17.7. The first-order chi connectivity index (χ1) is 15.3. The van der Waals surface area contributed by atoms with Gasteiger partial charge in [-0.15, -0.1) is 0 Å². The van der Waals surface area contributed by atoms with E-state index in [4.69, 9.17) is 14.2 Å². The van der Waals surface area contributed by atoms with E-state index < -0.39 is 0 Å². The first-order valence-corrected chi connectivity index (χ1v) is 11.0. The maximum atomic E-state index is 6.41. The van der Waals surface area contributed by atoms with E-state index in [-0.39, 0.29) is 12.9 Å². The van der Waals surface area contributed by atoms with Gasteiger partial charge < -0.3 is 19.1 Å². The molecule has 0 spiro atoms. The molecule has 2 aliphatic rings. The standard InChI is InChI=1S/C26H28N2O3/c1-3-7-22(8-4-1)28-17-15-27(16-18-28)14-13-24(31-23-9-5-2-6-10-23)21-11-12-25-26(19-21)30-20-29-25/h1-12,19,24H,13-18,20H2. The van der Waals surface area contributed by atoms with Crippen molar-refractivity contribution in [1.29, 1.82) is 0 Å². The number of fused-ring (bicyclic) bond motifs is 1. The number of para-hydroxylation sites is 2. The van der Waals surface area contributed by atoms with Gasteiger partial charge in [0.25, 0.3) is 0 Å². The Morgan fingerprint density at radius 3 is 2.26 bits per heavy atom. The number of ether oxygens (including phenoxy) is 3. The van der Waals surface area contributed by atoms with Crippen LogP contribution in [0.2, 0.25) is 0 Å². The van der Waals surface area contributed by atoms with E-state index in [1.54, 1.807) is 0 Å². The third-order valence-electron chi connectivity index (χ3n) is 5.99. The summed E-state index contributed by atoms with van der Waals surface area (Å²) in [7, 11) is 0. The minimum absolute atomic E-state index is 0.0379. The molecule has 5 rings (SSSR count). The Morgan fingerprint density at radius 2 is 1.48 bits per heavy atom. The summed E-state index contributed by atoms with van der Waals surface area (Å²) in [5.74, 6) is 2.49. The second kappa shape index (κ2) is 9.31. The molecule has 0 saturated carbocycles. The Hall–Kier alpha value is -3.18. The van der Waals surface area contributed by atoms with Crippen LogP contribution in [0, 0.1) is 0 Å². The van der Waals surface area contributed by atoms with E-state index in [0.29, 0.717) is 0 Å². The van der Waals surface area contributed by atoms with Gasteiger partial charge >= 0.3 is 0 Å². The van der Waals surface area contributed by atoms with Crippen LogP contribution < -0.4 is 19.1 Å². The molecule has 2 heterocycles. The van der Waals surface area contributed by atoms with E-state index >= 15 is 0 Å². The molecular formula is C26H28N2O3. The highest BCUT2D eigenvalue weighted by molar-refractivity contribution is 5.46. The normalized spacial score (nSPS) is 16.8. The van der Waals surface area contributed by atoms with Crippen LogP contribution in [0.3, 0.4) is 0 Å². The van der Waals surface area contributed by atoms with Crippen molar-refractivity contribution in [2.75, 3.05) is 44.4 Å². The van der Waals surface area contributed by atoms with E-state index in [1.807, 2.05) is 36.4 Å². The molecular weight excluding hydrogens is 388 g/mol. The van der Waals surface area contributed by atoms with Crippen molar-refractivity contribution < 1.29 is 14.2 Å². The molecule has 3 aromatic carbocycles. The molecule has 1 fully saturated rings. The maximum Gasteiger partial charge on any atom is 0.231 e. The predicted octanol–water partition coefficient (Wildman–Crippen LogP) is 4.75. The number of nitrogens with zero attached hydrogens (tertiary/aromatic N) is 2. The van der Waals surface area contributed by atoms with E-state index in [9.17, 15) is 0 Å². The van der Waals surface area contributed by atoms with Gasteiger partial charge in [-0.2, -0.15) is 0 Å². The molecule has 3 aromatic rings. The molecule has 0 N–H and O–H groups in total. The number of benzene rings is 3. The van der Waals surface area contributed by atoms with Gasteiger partial charge in [0.2, 0.25) is 6.79 Å². The van der Waals surface area contributed by atoms with Crippen molar-refractivity contribution in [2.45, 2.75) is 12.5 Å². The Balaban J connectivity index is 1.23. The average Bonchev–Trinajstić information content (AvgIpc) is 3.31. The lowest BCUT2D eigenvalue weighted by Crippen LogP contribution is -2.46. The molecule has 160 valence electrons. The van der Waals surface area contributed by atoms with Crippen LogP contribution in [0.4, 0.5) is 5.69 Å². The van der Waals surface area contributed by atoms with Crippen molar-refractivity contribution in [2.24, 2.45) is 0 Å². The highest BCUT2D eigenvalue weighted by atomic mass is 16.7. The van der Waals surface area contributed by atoms with Gasteiger partial charge in [0, 0.05) is 44.8 Å². The number of hydrogen-bond acceptors (Lipinski definition) is 5. The molecule has 1 unspecified atom stereocenters. The molecule has 0 aromatic heterocycles. The van der Waals surface area contributed by atoms with Gasteiger partial charge in [0.1, 0.15) is 11.9 Å². The lowest BCUT2D eigenvalue weighted by atomic mass is 10.0. The second-order valence-electron chi connectivity index (χ2n) is 7.99. The van der Waals surface area contributed by atoms with Gasteiger partial charge in [-0.3, -0.25) is 4.90 Å². The largest absolute Gasteiger partial charge is 0.486 e. The minimum atomic E-state index is -0.0379. The Bertz CT molecular complexity index is 972. The summed E-state index contributed by atoms with van der Waals surface area (Å²) in [4.78, 5) is 5.00. The molecule has 31 heavy (non-hydrogen) atoms. The first-order valence-electron chi connectivity index (χ1n) is 11.0. The fraction of sp³-hybridized carbons (Fsp3) is 0.308. The smallest absolute Gasteiger partial charge is 0.231 e. The number of rotatable bonds is 7. The summed E-state index contributed by atoms with van der Waals surface area (Å²) in [6, 6.07) is 26.9. The molecule has 0 bridgehead atoms. The SMILES string of the molecule is c1ccc(OC(CCN2CCN(c3ccccc3)CC2)c2ccc3c(c2)OCO3)cc1. The zero-order valence-corrected chi connectivity index (χ0v) is 17.7. The molecule has 0 radical (unpaired) electrons. The lowest BCUT2D eigenvalue weighted by Gasteiger charge is -2.36. The van der Waals surface area contributed by atoms with Crippen molar-refractivity contribution in [3.8, 4) is 17.2 Å². The average molecular weight is 417 g/mol. The van der Waals surface area contributed by atoms with Gasteiger partial charge in [-0.25, -0.2) is 0 Å². The maximum absolute atomic E-state index is 6.41. The number of anilines is 1. The summed E-state index contributed by atoms with van der Waals surface area (Å²) < 4.78 is 17.5. The van der Waals surface area contributed by atoms with Crippen molar-refractivity contribution in [1.82, 2.24) is 4.90 Å². The van der Waals surface area contributed by atoms with Crippen molar-refractivity contribution in [3.63, 3.8) is 0 Å². The van der Waals surface area contributed by atoms with Crippen LogP contribution >= 0.6 is 0 Å². The van der Waals surface area contributed by atoms with Gasteiger partial charge in [-0.05, 0) is 42.0 Å². The van der Waals surface area contributed by atoms with Gasteiger partial charge in [-0.1, -0.05) is 42.5 Å². The number of hydrogen-bond donors (Lipinski definition) is 0. The first kappa shape index (κ1) is 19.8. The Kier molecular flexibility index (Phi) is 5.94. The fourth-order valence-corrected chi connectivity index (χ4v) is 4.24. The molecule has 0 amide bonds.